The Balaban J connectivity index is 1.95. The van der Waals surface area contributed by atoms with Crippen molar-refractivity contribution in [2.45, 2.75) is 65.0 Å². The van der Waals surface area contributed by atoms with E-state index in [9.17, 15) is 0 Å². The van der Waals surface area contributed by atoms with Gasteiger partial charge in [0.1, 0.15) is 5.82 Å². The fourth-order valence-electron chi connectivity index (χ4n) is 3.79. The Morgan fingerprint density at radius 2 is 2.10 bits per heavy atom. The van der Waals surface area contributed by atoms with Crippen LogP contribution < -0.4 is 10.6 Å². The maximum Gasteiger partial charge on any atom is 0.133 e. The van der Waals surface area contributed by atoms with E-state index in [-0.39, 0.29) is 0 Å². The van der Waals surface area contributed by atoms with Crippen molar-refractivity contribution >= 4 is 5.82 Å². The number of anilines is 1. The standard InChI is InChI=1S/C17H27N3/c1-12-7-8-20(13(2)9-12)17-15(11-18)10-14-5-3-4-6-16(14)19-17/h10,12-13H,3-9,11,18H2,1-2H3. The first-order valence-electron chi connectivity index (χ1n) is 8.17. The van der Waals surface area contributed by atoms with Gasteiger partial charge in [0.15, 0.2) is 0 Å². The number of fused-ring (bicyclic) bond motifs is 1. The third-order valence-corrected chi connectivity index (χ3v) is 4.99. The van der Waals surface area contributed by atoms with E-state index in [1.807, 2.05) is 0 Å². The van der Waals surface area contributed by atoms with E-state index in [1.165, 1.54) is 54.7 Å². The summed E-state index contributed by atoms with van der Waals surface area (Å²) in [6, 6.07) is 2.92. The molecule has 0 spiro atoms. The van der Waals surface area contributed by atoms with Crippen molar-refractivity contribution in [2.24, 2.45) is 11.7 Å². The summed E-state index contributed by atoms with van der Waals surface area (Å²) in [5.74, 6) is 2.01. The molecule has 2 N–H and O–H groups in total. The number of rotatable bonds is 2. The van der Waals surface area contributed by atoms with Gasteiger partial charge in [0.2, 0.25) is 0 Å². The first kappa shape index (κ1) is 13.9. The van der Waals surface area contributed by atoms with Gasteiger partial charge < -0.3 is 10.6 Å². The Morgan fingerprint density at radius 1 is 1.30 bits per heavy atom. The number of aromatic nitrogens is 1. The van der Waals surface area contributed by atoms with Crippen molar-refractivity contribution < 1.29 is 0 Å². The Kier molecular flexibility index (Phi) is 3.97. The van der Waals surface area contributed by atoms with Crippen LogP contribution in [0.3, 0.4) is 0 Å². The van der Waals surface area contributed by atoms with Crippen LogP contribution in [-0.2, 0) is 19.4 Å². The number of nitrogens with zero attached hydrogens (tertiary/aromatic N) is 2. The molecule has 1 saturated heterocycles. The minimum atomic E-state index is 0.582. The highest BCUT2D eigenvalue weighted by Gasteiger charge is 2.26. The van der Waals surface area contributed by atoms with E-state index >= 15 is 0 Å². The molecule has 1 aliphatic heterocycles. The van der Waals surface area contributed by atoms with E-state index < -0.39 is 0 Å². The van der Waals surface area contributed by atoms with Crippen molar-refractivity contribution in [2.75, 3.05) is 11.4 Å². The molecule has 1 aromatic heterocycles. The molecular weight excluding hydrogens is 246 g/mol. The van der Waals surface area contributed by atoms with Crippen LogP contribution in [0.4, 0.5) is 5.82 Å². The molecule has 3 heteroatoms. The van der Waals surface area contributed by atoms with Crippen LogP contribution >= 0.6 is 0 Å². The average molecular weight is 273 g/mol. The predicted octanol–water partition coefficient (Wildman–Crippen LogP) is 3.04. The van der Waals surface area contributed by atoms with Gasteiger partial charge in [0.25, 0.3) is 0 Å². The minimum absolute atomic E-state index is 0.582. The van der Waals surface area contributed by atoms with Gasteiger partial charge in [-0.15, -0.1) is 0 Å². The summed E-state index contributed by atoms with van der Waals surface area (Å²) >= 11 is 0. The summed E-state index contributed by atoms with van der Waals surface area (Å²) in [7, 11) is 0. The second kappa shape index (κ2) is 5.72. The third-order valence-electron chi connectivity index (χ3n) is 4.99. The molecule has 20 heavy (non-hydrogen) atoms. The van der Waals surface area contributed by atoms with Crippen molar-refractivity contribution in [1.82, 2.24) is 4.98 Å². The zero-order chi connectivity index (χ0) is 14.1. The monoisotopic (exact) mass is 273 g/mol. The molecule has 2 atom stereocenters. The van der Waals surface area contributed by atoms with Crippen LogP contribution in [0, 0.1) is 5.92 Å². The Bertz CT molecular complexity index is 483. The van der Waals surface area contributed by atoms with Crippen LogP contribution in [0.1, 0.15) is 56.4 Å². The van der Waals surface area contributed by atoms with Gasteiger partial charge in [0, 0.05) is 30.4 Å². The SMILES string of the molecule is CC1CCN(c2nc3c(cc2CN)CCCC3)C(C)C1. The largest absolute Gasteiger partial charge is 0.354 e. The quantitative estimate of drug-likeness (QED) is 0.900. The van der Waals surface area contributed by atoms with Crippen molar-refractivity contribution in [3.63, 3.8) is 0 Å². The van der Waals surface area contributed by atoms with E-state index in [0.717, 1.165) is 18.9 Å². The van der Waals surface area contributed by atoms with Crippen molar-refractivity contribution in [3.8, 4) is 0 Å². The highest BCUT2D eigenvalue weighted by Crippen LogP contribution is 2.31. The number of aryl methyl sites for hydroxylation is 2. The summed E-state index contributed by atoms with van der Waals surface area (Å²) in [5.41, 5.74) is 10.0. The summed E-state index contributed by atoms with van der Waals surface area (Å²) in [4.78, 5) is 7.53. The second-order valence-corrected chi connectivity index (χ2v) is 6.66. The Morgan fingerprint density at radius 3 is 2.85 bits per heavy atom. The fraction of sp³-hybridized carbons (Fsp3) is 0.706. The van der Waals surface area contributed by atoms with Crippen LogP contribution in [0.25, 0.3) is 0 Å². The van der Waals surface area contributed by atoms with Crippen LogP contribution in [0.15, 0.2) is 6.07 Å². The summed E-state index contributed by atoms with van der Waals surface area (Å²) in [6.07, 6.45) is 7.45. The van der Waals surface area contributed by atoms with Gasteiger partial charge in [-0.1, -0.05) is 6.92 Å². The molecule has 1 aliphatic carbocycles. The smallest absolute Gasteiger partial charge is 0.133 e. The minimum Gasteiger partial charge on any atom is -0.354 e. The molecule has 2 aliphatic rings. The van der Waals surface area contributed by atoms with Crippen molar-refractivity contribution in [3.05, 3.63) is 22.9 Å². The van der Waals surface area contributed by atoms with Gasteiger partial charge >= 0.3 is 0 Å². The third kappa shape index (κ3) is 2.56. The molecule has 0 aromatic carbocycles. The predicted molar refractivity (Wildman–Crippen MR) is 84.0 cm³/mol. The molecule has 1 aromatic rings. The number of pyridine rings is 1. The lowest BCUT2D eigenvalue weighted by Crippen LogP contribution is -2.41. The number of hydrogen-bond acceptors (Lipinski definition) is 3. The lowest BCUT2D eigenvalue weighted by molar-refractivity contribution is 0.375. The van der Waals surface area contributed by atoms with Crippen LogP contribution in [0.2, 0.25) is 0 Å². The van der Waals surface area contributed by atoms with E-state index in [4.69, 9.17) is 10.7 Å². The molecule has 2 unspecified atom stereocenters. The summed E-state index contributed by atoms with van der Waals surface area (Å²) < 4.78 is 0. The Labute approximate surface area is 122 Å². The van der Waals surface area contributed by atoms with Gasteiger partial charge in [-0.2, -0.15) is 0 Å². The van der Waals surface area contributed by atoms with Crippen LogP contribution in [0.5, 0.6) is 0 Å². The molecule has 3 rings (SSSR count). The molecule has 0 bridgehead atoms. The number of piperidine rings is 1. The van der Waals surface area contributed by atoms with Gasteiger partial charge in [-0.05, 0) is 63.0 Å². The lowest BCUT2D eigenvalue weighted by Gasteiger charge is -2.39. The zero-order valence-electron chi connectivity index (χ0n) is 12.9. The molecule has 0 amide bonds. The molecule has 1 fully saturated rings. The Hall–Kier alpha value is -1.09. The number of hydrogen-bond donors (Lipinski definition) is 1. The first-order valence-corrected chi connectivity index (χ1v) is 8.17. The van der Waals surface area contributed by atoms with Crippen LogP contribution in [-0.4, -0.2) is 17.6 Å². The maximum atomic E-state index is 6.00. The topological polar surface area (TPSA) is 42.2 Å². The van der Waals surface area contributed by atoms with E-state index in [1.54, 1.807) is 0 Å². The molecule has 0 radical (unpaired) electrons. The molecule has 110 valence electrons. The van der Waals surface area contributed by atoms with E-state index in [0.29, 0.717) is 12.6 Å². The molecule has 2 heterocycles. The average Bonchev–Trinajstić information content (AvgIpc) is 2.46. The van der Waals surface area contributed by atoms with E-state index in [2.05, 4.69) is 24.8 Å². The summed E-state index contributed by atoms with van der Waals surface area (Å²) in [5, 5.41) is 0. The normalized spacial score (nSPS) is 26.4. The lowest BCUT2D eigenvalue weighted by atomic mass is 9.91. The first-order chi connectivity index (χ1) is 9.69. The molecule has 0 saturated carbocycles. The van der Waals surface area contributed by atoms with Gasteiger partial charge in [0.05, 0.1) is 0 Å². The summed E-state index contributed by atoms with van der Waals surface area (Å²) in [6.45, 7) is 6.42. The number of nitrogens with two attached hydrogens (primary N) is 1. The molecule has 3 nitrogen and oxygen atoms in total. The zero-order valence-corrected chi connectivity index (χ0v) is 12.9. The van der Waals surface area contributed by atoms with Crippen molar-refractivity contribution in [1.29, 1.82) is 0 Å². The highest BCUT2D eigenvalue weighted by molar-refractivity contribution is 5.51. The molecular formula is C17H27N3. The van der Waals surface area contributed by atoms with Gasteiger partial charge in [-0.3, -0.25) is 0 Å². The van der Waals surface area contributed by atoms with Gasteiger partial charge in [-0.25, -0.2) is 4.98 Å². The highest BCUT2D eigenvalue weighted by atomic mass is 15.2. The fourth-order valence-corrected chi connectivity index (χ4v) is 3.79. The maximum absolute atomic E-state index is 6.00. The second-order valence-electron chi connectivity index (χ2n) is 6.66.